The van der Waals surface area contributed by atoms with E-state index in [4.69, 9.17) is 11.6 Å². The smallest absolute Gasteiger partial charge is 0.235 e. The lowest BCUT2D eigenvalue weighted by atomic mass is 10.2. The zero-order valence-corrected chi connectivity index (χ0v) is 14.0. The summed E-state index contributed by atoms with van der Waals surface area (Å²) in [6.45, 7) is 0.555. The lowest BCUT2D eigenvalue weighted by Gasteiger charge is -2.16. The molecule has 2 aromatic rings. The largest absolute Gasteiger partial charge is 0.340 e. The summed E-state index contributed by atoms with van der Waals surface area (Å²) in [5, 5.41) is 2.56. The molecule has 1 amide bonds. The van der Waals surface area contributed by atoms with Crippen molar-refractivity contribution in [3.63, 3.8) is 0 Å². The zero-order chi connectivity index (χ0) is 15.2. The highest BCUT2D eigenvalue weighted by Gasteiger charge is 2.14. The van der Waals surface area contributed by atoms with Crippen molar-refractivity contribution in [2.24, 2.45) is 0 Å². The molecule has 0 fully saturated rings. The van der Waals surface area contributed by atoms with Crippen LogP contribution in [0, 0.1) is 0 Å². The van der Waals surface area contributed by atoms with Crippen molar-refractivity contribution in [2.75, 3.05) is 12.8 Å². The van der Waals surface area contributed by atoms with E-state index in [-0.39, 0.29) is 11.7 Å². The van der Waals surface area contributed by atoms with Crippen LogP contribution in [0.4, 0.5) is 0 Å². The first-order chi connectivity index (χ1) is 10.1. The van der Waals surface area contributed by atoms with Crippen molar-refractivity contribution in [1.82, 2.24) is 4.90 Å². The van der Waals surface area contributed by atoms with Crippen molar-refractivity contribution in [3.05, 3.63) is 57.2 Å². The Labute approximate surface area is 136 Å². The molecule has 1 aromatic carbocycles. The summed E-state index contributed by atoms with van der Waals surface area (Å²) < 4.78 is 12.1. The molecular formula is C15H16ClNO2S2. The van der Waals surface area contributed by atoms with E-state index in [1.54, 1.807) is 29.4 Å². The van der Waals surface area contributed by atoms with Crippen LogP contribution in [0.25, 0.3) is 0 Å². The second-order valence-electron chi connectivity index (χ2n) is 4.65. The standard InChI is InChI=1S/C15H16ClNO2S2/c1-17(9-13-6-4-8-20-13)15(18)11-21(19)10-12-5-2-3-7-14(12)16/h2-8H,9-11H2,1H3. The molecule has 3 nitrogen and oxygen atoms in total. The van der Waals surface area contributed by atoms with Crippen molar-refractivity contribution in [1.29, 1.82) is 0 Å². The predicted octanol–water partition coefficient (Wildman–Crippen LogP) is 3.31. The van der Waals surface area contributed by atoms with E-state index in [9.17, 15) is 9.00 Å². The van der Waals surface area contributed by atoms with Crippen LogP contribution in [0.1, 0.15) is 10.4 Å². The van der Waals surface area contributed by atoms with Gasteiger partial charge in [0.2, 0.25) is 5.91 Å². The van der Waals surface area contributed by atoms with Gasteiger partial charge in [0.1, 0.15) is 5.75 Å². The van der Waals surface area contributed by atoms with E-state index in [2.05, 4.69) is 0 Å². The first-order valence-electron chi connectivity index (χ1n) is 6.41. The molecule has 0 spiro atoms. The Hall–Kier alpha value is -1.17. The maximum absolute atomic E-state index is 12.1. The minimum atomic E-state index is -1.25. The van der Waals surface area contributed by atoms with Crippen molar-refractivity contribution in [2.45, 2.75) is 12.3 Å². The monoisotopic (exact) mass is 341 g/mol. The molecule has 2 rings (SSSR count). The molecule has 0 aliphatic rings. The average molecular weight is 342 g/mol. The highest BCUT2D eigenvalue weighted by Crippen LogP contribution is 2.17. The van der Waals surface area contributed by atoms with Crippen LogP contribution in [0.2, 0.25) is 5.02 Å². The fraction of sp³-hybridized carbons (Fsp3) is 0.267. The second kappa shape index (κ2) is 7.73. The molecule has 112 valence electrons. The maximum atomic E-state index is 12.1. The van der Waals surface area contributed by atoms with E-state index in [0.717, 1.165) is 10.4 Å². The van der Waals surface area contributed by atoms with Crippen LogP contribution in [0.3, 0.4) is 0 Å². The number of carbonyl (C=O) groups is 1. The Bertz CT molecular complexity index is 628. The summed E-state index contributed by atoms with van der Waals surface area (Å²) >= 11 is 7.64. The predicted molar refractivity (Wildman–Crippen MR) is 89.0 cm³/mol. The molecule has 0 N–H and O–H groups in total. The summed E-state index contributed by atoms with van der Waals surface area (Å²) in [7, 11) is 0.478. The highest BCUT2D eigenvalue weighted by molar-refractivity contribution is 7.84. The highest BCUT2D eigenvalue weighted by atomic mass is 35.5. The molecule has 1 atom stereocenters. The van der Waals surface area contributed by atoms with Gasteiger partial charge < -0.3 is 4.90 Å². The summed E-state index contributed by atoms with van der Waals surface area (Å²) in [5.41, 5.74) is 0.811. The molecule has 1 unspecified atom stereocenters. The van der Waals surface area contributed by atoms with Crippen molar-refractivity contribution >= 4 is 39.6 Å². The van der Waals surface area contributed by atoms with Gasteiger partial charge in [0.15, 0.2) is 0 Å². The van der Waals surface area contributed by atoms with Crippen LogP contribution in [-0.2, 0) is 27.9 Å². The Morgan fingerprint density at radius 3 is 2.71 bits per heavy atom. The number of rotatable bonds is 6. The van der Waals surface area contributed by atoms with Crippen LogP contribution in [-0.4, -0.2) is 27.8 Å². The number of nitrogens with zero attached hydrogens (tertiary/aromatic N) is 1. The average Bonchev–Trinajstić information content (AvgIpc) is 2.94. The lowest BCUT2D eigenvalue weighted by Crippen LogP contribution is -2.30. The third-order valence-electron chi connectivity index (χ3n) is 2.96. The van der Waals surface area contributed by atoms with Gasteiger partial charge in [0.05, 0.1) is 12.3 Å². The Morgan fingerprint density at radius 1 is 1.29 bits per heavy atom. The first kappa shape index (κ1) is 16.2. The van der Waals surface area contributed by atoms with Crippen LogP contribution in [0.15, 0.2) is 41.8 Å². The molecule has 0 aliphatic heterocycles. The third kappa shape index (κ3) is 4.95. The molecule has 6 heteroatoms. The molecule has 0 radical (unpaired) electrons. The number of carbonyl (C=O) groups excluding carboxylic acids is 1. The molecule has 21 heavy (non-hydrogen) atoms. The zero-order valence-electron chi connectivity index (χ0n) is 11.6. The number of halogens is 1. The number of hydrogen-bond donors (Lipinski definition) is 0. The number of amides is 1. The Morgan fingerprint density at radius 2 is 2.05 bits per heavy atom. The van der Waals surface area contributed by atoms with Gasteiger partial charge in [-0.3, -0.25) is 9.00 Å². The second-order valence-corrected chi connectivity index (χ2v) is 7.55. The molecule has 0 saturated carbocycles. The minimum Gasteiger partial charge on any atom is -0.340 e. The van der Waals surface area contributed by atoms with Gasteiger partial charge in [0, 0.05) is 27.7 Å². The van der Waals surface area contributed by atoms with Gasteiger partial charge in [-0.2, -0.15) is 0 Å². The number of hydrogen-bond acceptors (Lipinski definition) is 3. The minimum absolute atomic E-state index is 0.0209. The summed E-state index contributed by atoms with van der Waals surface area (Å²) in [5.74, 6) is 0.208. The molecular weight excluding hydrogens is 326 g/mol. The molecule has 0 aliphatic carbocycles. The van der Waals surface area contributed by atoms with Gasteiger partial charge in [-0.15, -0.1) is 11.3 Å². The maximum Gasteiger partial charge on any atom is 0.235 e. The van der Waals surface area contributed by atoms with E-state index >= 15 is 0 Å². The summed E-state index contributed by atoms with van der Waals surface area (Å²) in [6.07, 6.45) is 0. The molecule has 1 aromatic heterocycles. The molecule has 0 bridgehead atoms. The van der Waals surface area contributed by atoms with Crippen molar-refractivity contribution in [3.8, 4) is 0 Å². The van der Waals surface area contributed by atoms with Gasteiger partial charge in [-0.05, 0) is 23.1 Å². The van der Waals surface area contributed by atoms with Gasteiger partial charge in [-0.1, -0.05) is 35.9 Å². The SMILES string of the molecule is CN(Cc1cccs1)C(=O)CS(=O)Cc1ccccc1Cl. The van der Waals surface area contributed by atoms with E-state index in [0.29, 0.717) is 17.3 Å². The fourth-order valence-electron chi connectivity index (χ4n) is 1.81. The van der Waals surface area contributed by atoms with Crippen molar-refractivity contribution < 1.29 is 9.00 Å². The molecule has 1 heterocycles. The van der Waals surface area contributed by atoms with E-state index in [1.807, 2.05) is 35.7 Å². The normalized spacial score (nSPS) is 12.1. The quantitative estimate of drug-likeness (QED) is 0.808. The summed E-state index contributed by atoms with van der Waals surface area (Å²) in [6, 6.07) is 11.2. The molecule has 0 saturated heterocycles. The fourth-order valence-corrected chi connectivity index (χ4v) is 4.05. The van der Waals surface area contributed by atoms with E-state index < -0.39 is 10.8 Å². The van der Waals surface area contributed by atoms with E-state index in [1.165, 1.54) is 0 Å². The van der Waals surface area contributed by atoms with Gasteiger partial charge in [-0.25, -0.2) is 0 Å². The Balaban J connectivity index is 1.87. The third-order valence-corrected chi connectivity index (χ3v) is 5.39. The summed E-state index contributed by atoms with van der Waals surface area (Å²) in [4.78, 5) is 14.8. The van der Waals surface area contributed by atoms with Gasteiger partial charge >= 0.3 is 0 Å². The number of thiophene rings is 1. The Kier molecular flexibility index (Phi) is 5.96. The number of benzene rings is 1. The van der Waals surface area contributed by atoms with Crippen LogP contribution in [0.5, 0.6) is 0 Å². The topological polar surface area (TPSA) is 37.4 Å². The van der Waals surface area contributed by atoms with Gasteiger partial charge in [0.25, 0.3) is 0 Å². The lowest BCUT2D eigenvalue weighted by molar-refractivity contribution is -0.127. The first-order valence-corrected chi connectivity index (χ1v) is 9.15. The van der Waals surface area contributed by atoms with Crippen LogP contribution >= 0.6 is 22.9 Å². The van der Waals surface area contributed by atoms with Crippen LogP contribution < -0.4 is 0 Å².